The number of nitrogens with one attached hydrogen (secondary N) is 2. The maximum absolute atomic E-state index is 11.7. The first-order valence-corrected chi connectivity index (χ1v) is 8.81. The van der Waals surface area contributed by atoms with Crippen molar-refractivity contribution in [1.29, 1.82) is 0 Å². The molecule has 0 aliphatic carbocycles. The third-order valence-electron chi connectivity index (χ3n) is 3.86. The molecule has 0 aliphatic rings. The van der Waals surface area contributed by atoms with Crippen LogP contribution in [-0.4, -0.2) is 35.9 Å². The fourth-order valence-electron chi connectivity index (χ4n) is 2.64. The Morgan fingerprint density at radius 3 is 2.44 bits per heavy atom. The SMILES string of the molecule is Cc1c(NCCNC(=O)OC(C)(C)C)cccc1-c1cccc(C(=O)O)c1. The summed E-state index contributed by atoms with van der Waals surface area (Å²) in [6.45, 7) is 8.40. The van der Waals surface area contributed by atoms with Gasteiger partial charge in [0, 0.05) is 18.8 Å². The average molecular weight is 370 g/mol. The van der Waals surface area contributed by atoms with E-state index in [2.05, 4.69) is 10.6 Å². The molecule has 0 spiro atoms. The molecule has 1 amide bonds. The molecule has 2 aromatic carbocycles. The lowest BCUT2D eigenvalue weighted by Gasteiger charge is -2.20. The molecule has 144 valence electrons. The molecule has 0 saturated heterocycles. The van der Waals surface area contributed by atoms with E-state index < -0.39 is 17.7 Å². The summed E-state index contributed by atoms with van der Waals surface area (Å²) in [6.07, 6.45) is -0.444. The van der Waals surface area contributed by atoms with E-state index in [1.54, 1.807) is 18.2 Å². The van der Waals surface area contributed by atoms with Gasteiger partial charge in [-0.25, -0.2) is 9.59 Å². The Morgan fingerprint density at radius 2 is 1.78 bits per heavy atom. The molecular weight excluding hydrogens is 344 g/mol. The summed E-state index contributed by atoms with van der Waals surface area (Å²) in [4.78, 5) is 22.8. The van der Waals surface area contributed by atoms with E-state index in [1.807, 2.05) is 52.0 Å². The molecule has 0 atom stereocenters. The highest BCUT2D eigenvalue weighted by atomic mass is 16.6. The minimum atomic E-state index is -0.947. The fraction of sp³-hybridized carbons (Fsp3) is 0.333. The standard InChI is InChI=1S/C21H26N2O4/c1-14-17(15-7-5-8-16(13-15)19(24)25)9-6-10-18(14)22-11-12-23-20(26)27-21(2,3)4/h5-10,13,22H,11-12H2,1-4H3,(H,23,26)(H,24,25). The first-order chi connectivity index (χ1) is 12.7. The zero-order valence-corrected chi connectivity index (χ0v) is 16.1. The van der Waals surface area contributed by atoms with Crippen molar-refractivity contribution >= 4 is 17.7 Å². The van der Waals surface area contributed by atoms with Crippen LogP contribution in [0.1, 0.15) is 36.7 Å². The summed E-state index contributed by atoms with van der Waals surface area (Å²) in [7, 11) is 0. The number of carbonyl (C=O) groups excluding carboxylic acids is 1. The number of ether oxygens (including phenoxy) is 1. The molecular formula is C21H26N2O4. The lowest BCUT2D eigenvalue weighted by Crippen LogP contribution is -2.35. The van der Waals surface area contributed by atoms with Gasteiger partial charge in [0.15, 0.2) is 0 Å². The highest BCUT2D eigenvalue weighted by Crippen LogP contribution is 2.29. The number of carboxylic acid groups (broad SMARTS) is 1. The topological polar surface area (TPSA) is 87.7 Å². The number of rotatable bonds is 6. The van der Waals surface area contributed by atoms with Gasteiger partial charge < -0.3 is 20.5 Å². The van der Waals surface area contributed by atoms with E-state index in [0.29, 0.717) is 13.1 Å². The molecule has 0 radical (unpaired) electrons. The summed E-state index contributed by atoms with van der Waals surface area (Å²) in [5, 5.41) is 15.2. The summed E-state index contributed by atoms with van der Waals surface area (Å²) >= 11 is 0. The molecule has 0 fully saturated rings. The molecule has 0 saturated carbocycles. The van der Waals surface area contributed by atoms with Crippen LogP contribution in [0.3, 0.4) is 0 Å². The van der Waals surface area contributed by atoms with Crippen molar-refractivity contribution in [1.82, 2.24) is 5.32 Å². The van der Waals surface area contributed by atoms with Crippen LogP contribution < -0.4 is 10.6 Å². The summed E-state index contributed by atoms with van der Waals surface area (Å²) in [5.41, 5.74) is 3.49. The Balaban J connectivity index is 2.02. The Hall–Kier alpha value is -3.02. The van der Waals surface area contributed by atoms with Gasteiger partial charge in [0.05, 0.1) is 5.56 Å². The minimum Gasteiger partial charge on any atom is -0.478 e. The van der Waals surface area contributed by atoms with Crippen LogP contribution in [0.2, 0.25) is 0 Å². The Morgan fingerprint density at radius 1 is 1.07 bits per heavy atom. The number of hydrogen-bond donors (Lipinski definition) is 3. The lowest BCUT2D eigenvalue weighted by molar-refractivity contribution is 0.0529. The van der Waals surface area contributed by atoms with Crippen molar-refractivity contribution in [2.45, 2.75) is 33.3 Å². The maximum Gasteiger partial charge on any atom is 0.407 e. The Bertz CT molecular complexity index is 825. The first-order valence-electron chi connectivity index (χ1n) is 8.81. The smallest absolute Gasteiger partial charge is 0.407 e. The second-order valence-electron chi connectivity index (χ2n) is 7.22. The van der Waals surface area contributed by atoms with Crippen LogP contribution in [-0.2, 0) is 4.74 Å². The Labute approximate surface area is 159 Å². The molecule has 27 heavy (non-hydrogen) atoms. The molecule has 0 bridgehead atoms. The minimum absolute atomic E-state index is 0.256. The van der Waals surface area contributed by atoms with Crippen LogP contribution in [0, 0.1) is 6.92 Å². The number of alkyl carbamates (subject to hydrolysis) is 1. The van der Waals surface area contributed by atoms with Crippen molar-refractivity contribution < 1.29 is 19.4 Å². The van der Waals surface area contributed by atoms with Crippen LogP contribution in [0.4, 0.5) is 10.5 Å². The highest BCUT2D eigenvalue weighted by molar-refractivity contribution is 5.90. The number of carboxylic acids is 1. The van der Waals surface area contributed by atoms with Crippen molar-refractivity contribution in [3.8, 4) is 11.1 Å². The zero-order valence-electron chi connectivity index (χ0n) is 16.1. The monoisotopic (exact) mass is 370 g/mol. The van der Waals surface area contributed by atoms with Crippen molar-refractivity contribution in [2.24, 2.45) is 0 Å². The molecule has 6 heteroatoms. The third-order valence-corrected chi connectivity index (χ3v) is 3.86. The van der Waals surface area contributed by atoms with Gasteiger partial charge in [-0.2, -0.15) is 0 Å². The summed E-state index contributed by atoms with van der Waals surface area (Å²) in [6, 6.07) is 12.7. The number of amides is 1. The molecule has 2 aromatic rings. The molecule has 0 unspecified atom stereocenters. The number of hydrogen-bond acceptors (Lipinski definition) is 4. The first kappa shape index (κ1) is 20.3. The average Bonchev–Trinajstić information content (AvgIpc) is 2.58. The number of benzene rings is 2. The number of aromatic carboxylic acids is 1. The third kappa shape index (κ3) is 6.02. The van der Waals surface area contributed by atoms with E-state index >= 15 is 0 Å². The van der Waals surface area contributed by atoms with Crippen molar-refractivity contribution in [3.05, 3.63) is 53.6 Å². The van der Waals surface area contributed by atoms with Gasteiger partial charge in [0.25, 0.3) is 0 Å². The van der Waals surface area contributed by atoms with Crippen LogP contribution in [0.5, 0.6) is 0 Å². The van der Waals surface area contributed by atoms with Gasteiger partial charge >= 0.3 is 12.1 Å². The van der Waals surface area contributed by atoms with E-state index in [4.69, 9.17) is 4.74 Å². The fourth-order valence-corrected chi connectivity index (χ4v) is 2.64. The predicted octanol–water partition coefficient (Wildman–Crippen LogP) is 4.30. The summed E-state index contributed by atoms with van der Waals surface area (Å²) < 4.78 is 5.20. The van der Waals surface area contributed by atoms with Gasteiger partial charge in [-0.15, -0.1) is 0 Å². The quantitative estimate of drug-likeness (QED) is 0.660. The molecule has 0 aliphatic heterocycles. The molecule has 0 heterocycles. The molecule has 3 N–H and O–H groups in total. The van der Waals surface area contributed by atoms with Crippen molar-refractivity contribution in [2.75, 3.05) is 18.4 Å². The van der Waals surface area contributed by atoms with Crippen LogP contribution in [0.15, 0.2) is 42.5 Å². The second kappa shape index (κ2) is 8.58. The maximum atomic E-state index is 11.7. The largest absolute Gasteiger partial charge is 0.478 e. The van der Waals surface area contributed by atoms with Crippen LogP contribution >= 0.6 is 0 Å². The van der Waals surface area contributed by atoms with Gasteiger partial charge in [0.2, 0.25) is 0 Å². The number of carbonyl (C=O) groups is 2. The second-order valence-corrected chi connectivity index (χ2v) is 7.22. The van der Waals surface area contributed by atoms with Gasteiger partial charge in [-0.05, 0) is 62.6 Å². The summed E-state index contributed by atoms with van der Waals surface area (Å²) in [5.74, 6) is -0.947. The van der Waals surface area contributed by atoms with Gasteiger partial charge in [-0.3, -0.25) is 0 Å². The predicted molar refractivity (Wildman–Crippen MR) is 106 cm³/mol. The lowest BCUT2D eigenvalue weighted by atomic mass is 9.97. The van der Waals surface area contributed by atoms with E-state index in [1.165, 1.54) is 0 Å². The van der Waals surface area contributed by atoms with Crippen LogP contribution in [0.25, 0.3) is 11.1 Å². The van der Waals surface area contributed by atoms with E-state index in [-0.39, 0.29) is 5.56 Å². The van der Waals surface area contributed by atoms with E-state index in [9.17, 15) is 14.7 Å². The number of anilines is 1. The normalized spacial score (nSPS) is 11.0. The molecule has 6 nitrogen and oxygen atoms in total. The zero-order chi connectivity index (χ0) is 20.0. The Kier molecular flexibility index (Phi) is 6.45. The van der Waals surface area contributed by atoms with Gasteiger partial charge in [-0.1, -0.05) is 24.3 Å². The van der Waals surface area contributed by atoms with Crippen molar-refractivity contribution in [3.63, 3.8) is 0 Å². The van der Waals surface area contributed by atoms with E-state index in [0.717, 1.165) is 22.4 Å². The molecule has 2 rings (SSSR count). The molecule has 0 aromatic heterocycles. The van der Waals surface area contributed by atoms with Gasteiger partial charge in [0.1, 0.15) is 5.60 Å². The highest BCUT2D eigenvalue weighted by Gasteiger charge is 2.15.